The van der Waals surface area contributed by atoms with Crippen molar-refractivity contribution in [1.29, 1.82) is 0 Å². The average Bonchev–Trinajstić information content (AvgIpc) is 2.62. The molecule has 0 spiro atoms. The van der Waals surface area contributed by atoms with Crippen molar-refractivity contribution in [3.05, 3.63) is 47.5 Å². The fourth-order valence-electron chi connectivity index (χ4n) is 2.78. The number of hydrogen-bond donors (Lipinski definition) is 2. The van der Waals surface area contributed by atoms with Gasteiger partial charge in [0, 0.05) is 19.5 Å². The number of anilines is 3. The third-order valence-electron chi connectivity index (χ3n) is 3.99. The Morgan fingerprint density at radius 3 is 2.52 bits per heavy atom. The summed E-state index contributed by atoms with van der Waals surface area (Å²) < 4.78 is 5.76. The summed E-state index contributed by atoms with van der Waals surface area (Å²) in [7, 11) is 0. The van der Waals surface area contributed by atoms with Crippen LogP contribution in [0.2, 0.25) is 5.02 Å². The van der Waals surface area contributed by atoms with Gasteiger partial charge in [0.05, 0.1) is 22.9 Å². The van der Waals surface area contributed by atoms with E-state index < -0.39 is 12.0 Å². The van der Waals surface area contributed by atoms with E-state index in [0.717, 1.165) is 0 Å². The van der Waals surface area contributed by atoms with E-state index in [0.29, 0.717) is 27.8 Å². The Balaban J connectivity index is 1.76. The number of carbonyl (C=O) groups excluding carboxylic acids is 3. The van der Waals surface area contributed by atoms with E-state index in [4.69, 9.17) is 16.3 Å². The summed E-state index contributed by atoms with van der Waals surface area (Å²) in [6.45, 7) is 2.93. The molecule has 1 atom stereocenters. The maximum Gasteiger partial charge on any atom is 0.267 e. The fourth-order valence-corrected chi connectivity index (χ4v) is 3.00. The minimum absolute atomic E-state index is 0.107. The lowest BCUT2D eigenvalue weighted by Gasteiger charge is -2.33. The predicted molar refractivity (Wildman–Crippen MR) is 103 cm³/mol. The van der Waals surface area contributed by atoms with E-state index in [1.165, 1.54) is 24.8 Å². The van der Waals surface area contributed by atoms with Crippen LogP contribution in [-0.2, 0) is 14.4 Å². The van der Waals surface area contributed by atoms with Crippen LogP contribution in [0.15, 0.2) is 42.5 Å². The van der Waals surface area contributed by atoms with Gasteiger partial charge in [-0.15, -0.1) is 0 Å². The average molecular weight is 388 g/mol. The van der Waals surface area contributed by atoms with Crippen LogP contribution in [0.25, 0.3) is 0 Å². The zero-order chi connectivity index (χ0) is 19.6. The van der Waals surface area contributed by atoms with Crippen LogP contribution in [0.4, 0.5) is 17.1 Å². The number of rotatable bonds is 3. The number of benzene rings is 2. The monoisotopic (exact) mass is 387 g/mol. The minimum atomic E-state index is -0.863. The second-order valence-electron chi connectivity index (χ2n) is 6.07. The number of amides is 3. The molecule has 27 heavy (non-hydrogen) atoms. The number of nitrogens with one attached hydrogen (secondary N) is 2. The van der Waals surface area contributed by atoms with Crippen LogP contribution >= 0.6 is 11.6 Å². The first-order valence-corrected chi connectivity index (χ1v) is 8.64. The number of ether oxygens (including phenoxy) is 1. The molecule has 140 valence electrons. The lowest BCUT2D eigenvalue weighted by molar-refractivity contribution is -0.123. The van der Waals surface area contributed by atoms with Gasteiger partial charge >= 0.3 is 0 Å². The molecule has 8 heteroatoms. The molecule has 1 heterocycles. The van der Waals surface area contributed by atoms with Gasteiger partial charge in [-0.1, -0.05) is 23.7 Å². The molecule has 0 saturated carbocycles. The smallest absolute Gasteiger partial charge is 0.267 e. The molecule has 0 bridgehead atoms. The molecule has 1 aliphatic rings. The summed E-state index contributed by atoms with van der Waals surface area (Å²) in [4.78, 5) is 37.2. The van der Waals surface area contributed by atoms with Crippen molar-refractivity contribution >= 4 is 46.4 Å². The maximum absolute atomic E-state index is 12.6. The molecule has 0 saturated heterocycles. The molecule has 0 aliphatic carbocycles. The summed E-state index contributed by atoms with van der Waals surface area (Å²) in [5.74, 6) is -0.351. The number of carbonyl (C=O) groups is 3. The fraction of sp³-hybridized carbons (Fsp3) is 0.211. The zero-order valence-corrected chi connectivity index (χ0v) is 15.5. The van der Waals surface area contributed by atoms with Crippen LogP contribution in [-0.4, -0.2) is 30.4 Å². The van der Waals surface area contributed by atoms with Crippen LogP contribution in [0.1, 0.15) is 13.8 Å². The van der Waals surface area contributed by atoms with Gasteiger partial charge in [-0.2, -0.15) is 0 Å². The molecular weight excluding hydrogens is 370 g/mol. The third-order valence-corrected chi connectivity index (χ3v) is 4.31. The number of nitrogens with zero attached hydrogens (tertiary/aromatic N) is 1. The largest absolute Gasteiger partial charge is 0.476 e. The SMILES string of the molecule is CC(=O)Nc1ccc(NC(=O)[C@H]2CN(C(C)=O)c3ccccc3O2)cc1Cl. The highest BCUT2D eigenvalue weighted by Gasteiger charge is 2.32. The van der Waals surface area contributed by atoms with Gasteiger partial charge in [0.1, 0.15) is 5.75 Å². The second kappa shape index (κ2) is 7.67. The van der Waals surface area contributed by atoms with Gasteiger partial charge < -0.3 is 20.3 Å². The molecule has 2 aromatic carbocycles. The summed E-state index contributed by atoms with van der Waals surface area (Å²) in [6, 6.07) is 11.8. The Bertz CT molecular complexity index is 916. The predicted octanol–water partition coefficient (Wildman–Crippen LogP) is 3.05. The molecule has 1 aliphatic heterocycles. The molecule has 3 amide bonds. The van der Waals surface area contributed by atoms with Crippen molar-refractivity contribution in [3.63, 3.8) is 0 Å². The minimum Gasteiger partial charge on any atom is -0.476 e. The lowest BCUT2D eigenvalue weighted by Crippen LogP contribution is -2.48. The van der Waals surface area contributed by atoms with Crippen molar-refractivity contribution in [1.82, 2.24) is 0 Å². The Labute approximate surface area is 161 Å². The van der Waals surface area contributed by atoms with Crippen LogP contribution < -0.4 is 20.3 Å². The molecule has 2 N–H and O–H groups in total. The van der Waals surface area contributed by atoms with Crippen LogP contribution in [0, 0.1) is 0 Å². The highest BCUT2D eigenvalue weighted by Crippen LogP contribution is 2.33. The molecule has 2 aromatic rings. The third kappa shape index (κ3) is 4.20. The summed E-state index contributed by atoms with van der Waals surface area (Å²) in [5, 5.41) is 5.61. The number of fused-ring (bicyclic) bond motifs is 1. The number of para-hydroxylation sites is 2. The van der Waals surface area contributed by atoms with E-state index in [1.807, 2.05) is 0 Å². The lowest BCUT2D eigenvalue weighted by atomic mass is 10.1. The molecule has 0 aromatic heterocycles. The molecular formula is C19H18ClN3O4. The van der Waals surface area contributed by atoms with Crippen LogP contribution in [0.5, 0.6) is 5.75 Å². The van der Waals surface area contributed by atoms with Crippen molar-refractivity contribution in [2.24, 2.45) is 0 Å². The van der Waals surface area contributed by atoms with Gasteiger partial charge in [0.15, 0.2) is 6.10 Å². The Morgan fingerprint density at radius 1 is 1.11 bits per heavy atom. The molecule has 3 rings (SSSR count). The summed E-state index contributed by atoms with van der Waals surface area (Å²) >= 11 is 6.12. The molecule has 0 unspecified atom stereocenters. The van der Waals surface area contributed by atoms with E-state index >= 15 is 0 Å². The second-order valence-corrected chi connectivity index (χ2v) is 6.48. The molecule has 7 nitrogen and oxygen atoms in total. The first kappa shape index (κ1) is 18.7. The summed E-state index contributed by atoms with van der Waals surface area (Å²) in [6.07, 6.45) is -0.863. The zero-order valence-electron chi connectivity index (χ0n) is 14.8. The van der Waals surface area contributed by atoms with Crippen molar-refractivity contribution in [2.45, 2.75) is 20.0 Å². The van der Waals surface area contributed by atoms with Crippen LogP contribution in [0.3, 0.4) is 0 Å². The normalized spacial score (nSPS) is 15.4. The van der Waals surface area contributed by atoms with E-state index in [9.17, 15) is 14.4 Å². The highest BCUT2D eigenvalue weighted by atomic mass is 35.5. The van der Waals surface area contributed by atoms with E-state index in [-0.39, 0.29) is 18.4 Å². The quantitative estimate of drug-likeness (QED) is 0.847. The number of hydrogen-bond acceptors (Lipinski definition) is 4. The van der Waals surface area contributed by atoms with Crippen molar-refractivity contribution in [3.8, 4) is 5.75 Å². The molecule has 0 fully saturated rings. The van der Waals surface area contributed by atoms with Crippen molar-refractivity contribution < 1.29 is 19.1 Å². The standard InChI is InChI=1S/C19H18ClN3O4/c1-11(24)21-15-8-7-13(9-14(15)20)22-19(26)18-10-23(12(2)25)16-5-3-4-6-17(16)27-18/h3-9,18H,10H2,1-2H3,(H,21,24)(H,22,26)/t18-/m1/s1. The van der Waals surface area contributed by atoms with Gasteiger partial charge in [-0.05, 0) is 30.3 Å². The van der Waals surface area contributed by atoms with Gasteiger partial charge in [0.2, 0.25) is 11.8 Å². The van der Waals surface area contributed by atoms with Crippen molar-refractivity contribution in [2.75, 3.05) is 22.1 Å². The first-order valence-electron chi connectivity index (χ1n) is 8.27. The highest BCUT2D eigenvalue weighted by molar-refractivity contribution is 6.34. The maximum atomic E-state index is 12.6. The van der Waals surface area contributed by atoms with Gasteiger partial charge in [-0.25, -0.2) is 0 Å². The Kier molecular flexibility index (Phi) is 5.32. The number of halogens is 1. The Hall–Kier alpha value is -3.06. The topological polar surface area (TPSA) is 87.7 Å². The summed E-state index contributed by atoms with van der Waals surface area (Å²) in [5.41, 5.74) is 1.54. The Morgan fingerprint density at radius 2 is 1.85 bits per heavy atom. The van der Waals surface area contributed by atoms with Gasteiger partial charge in [0.25, 0.3) is 5.91 Å². The molecule has 0 radical (unpaired) electrons. The first-order chi connectivity index (χ1) is 12.8. The van der Waals surface area contributed by atoms with Gasteiger partial charge in [-0.3, -0.25) is 14.4 Å². The van der Waals surface area contributed by atoms with E-state index in [1.54, 1.807) is 36.4 Å². The van der Waals surface area contributed by atoms with E-state index in [2.05, 4.69) is 10.6 Å².